The van der Waals surface area contributed by atoms with E-state index in [2.05, 4.69) is 5.32 Å². The maximum absolute atomic E-state index is 13.9. The largest absolute Gasteiger partial charge is 0.454 e. The maximum Gasteiger partial charge on any atom is 0.255 e. The minimum absolute atomic E-state index is 0.0492. The van der Waals surface area contributed by atoms with Gasteiger partial charge in [-0.2, -0.15) is 0 Å². The lowest BCUT2D eigenvalue weighted by atomic mass is 9.90. The Hall–Kier alpha value is -3.69. The van der Waals surface area contributed by atoms with Crippen LogP contribution in [0.15, 0.2) is 54.6 Å². The van der Waals surface area contributed by atoms with E-state index in [1.165, 1.54) is 0 Å². The maximum atomic E-state index is 13.9. The van der Waals surface area contributed by atoms with Gasteiger partial charge in [0.25, 0.3) is 11.8 Å². The lowest BCUT2D eigenvalue weighted by Crippen LogP contribution is -2.44. The summed E-state index contributed by atoms with van der Waals surface area (Å²) >= 11 is 6.50. The fourth-order valence-corrected chi connectivity index (χ4v) is 5.00. The molecule has 0 radical (unpaired) electrons. The molecule has 0 atom stereocenters. The SMILES string of the molecule is NC1CCC(N(Cc2cc(NC(=O)c3ccc4c(c3)OCO4)ccc2Cl)C(=O)c2cc(F)cc(F)c2)CC1. The molecular weight excluding hydrogens is 516 g/mol. The molecule has 5 rings (SSSR count). The number of hydrogen-bond acceptors (Lipinski definition) is 5. The number of benzene rings is 3. The molecule has 3 aromatic carbocycles. The molecule has 1 heterocycles. The van der Waals surface area contributed by atoms with Gasteiger partial charge in [-0.3, -0.25) is 9.59 Å². The molecule has 0 aromatic heterocycles. The number of amides is 2. The van der Waals surface area contributed by atoms with Gasteiger partial charge in [-0.1, -0.05) is 11.6 Å². The van der Waals surface area contributed by atoms with Crippen molar-refractivity contribution in [3.05, 3.63) is 87.9 Å². The van der Waals surface area contributed by atoms with Crippen LogP contribution in [-0.4, -0.2) is 35.6 Å². The summed E-state index contributed by atoms with van der Waals surface area (Å²) < 4.78 is 38.5. The van der Waals surface area contributed by atoms with Crippen molar-refractivity contribution in [1.29, 1.82) is 0 Å². The van der Waals surface area contributed by atoms with Crippen LogP contribution in [0, 0.1) is 11.6 Å². The second-order valence-electron chi connectivity index (χ2n) is 9.49. The Kier molecular flexibility index (Phi) is 7.49. The van der Waals surface area contributed by atoms with Gasteiger partial charge < -0.3 is 25.4 Å². The van der Waals surface area contributed by atoms with Crippen LogP contribution in [0.2, 0.25) is 5.02 Å². The molecule has 0 bridgehead atoms. The molecule has 10 heteroatoms. The topological polar surface area (TPSA) is 93.9 Å². The molecule has 198 valence electrons. The molecule has 2 amide bonds. The number of nitrogens with two attached hydrogens (primary N) is 1. The Balaban J connectivity index is 1.39. The zero-order valence-electron chi connectivity index (χ0n) is 20.4. The Morgan fingerprint density at radius 3 is 2.37 bits per heavy atom. The van der Waals surface area contributed by atoms with E-state index in [1.807, 2.05) is 0 Å². The monoisotopic (exact) mass is 541 g/mol. The second-order valence-corrected chi connectivity index (χ2v) is 9.90. The van der Waals surface area contributed by atoms with Gasteiger partial charge in [0.2, 0.25) is 6.79 Å². The van der Waals surface area contributed by atoms with Crippen LogP contribution in [0.1, 0.15) is 52.0 Å². The highest BCUT2D eigenvalue weighted by Crippen LogP contribution is 2.33. The van der Waals surface area contributed by atoms with Crippen LogP contribution in [0.25, 0.3) is 0 Å². The molecular formula is C28H26ClF2N3O4. The molecule has 0 spiro atoms. The average Bonchev–Trinajstić information content (AvgIpc) is 3.37. The minimum atomic E-state index is -0.828. The fourth-order valence-electron chi connectivity index (χ4n) is 4.82. The first-order valence-electron chi connectivity index (χ1n) is 12.3. The van der Waals surface area contributed by atoms with Gasteiger partial charge >= 0.3 is 0 Å². The summed E-state index contributed by atoms with van der Waals surface area (Å²) in [6.07, 6.45) is 2.77. The first kappa shape index (κ1) is 25.9. The van der Waals surface area contributed by atoms with Gasteiger partial charge in [0, 0.05) is 46.5 Å². The molecule has 1 aliphatic heterocycles. The van der Waals surface area contributed by atoms with Gasteiger partial charge in [0.05, 0.1) is 0 Å². The lowest BCUT2D eigenvalue weighted by Gasteiger charge is -2.36. The quantitative estimate of drug-likeness (QED) is 0.429. The molecule has 0 saturated heterocycles. The van der Waals surface area contributed by atoms with Crippen LogP contribution < -0.4 is 20.5 Å². The summed E-state index contributed by atoms with van der Waals surface area (Å²) in [6.45, 7) is 0.189. The Labute approximate surface area is 223 Å². The molecule has 1 saturated carbocycles. The number of fused-ring (bicyclic) bond motifs is 1. The Morgan fingerprint density at radius 2 is 1.63 bits per heavy atom. The fraction of sp³-hybridized carbons (Fsp3) is 0.286. The smallest absolute Gasteiger partial charge is 0.255 e. The summed E-state index contributed by atoms with van der Waals surface area (Å²) in [5, 5.41) is 3.23. The normalized spacial score (nSPS) is 18.2. The third kappa shape index (κ3) is 5.74. The third-order valence-corrected chi connectivity index (χ3v) is 7.20. The minimum Gasteiger partial charge on any atom is -0.454 e. The highest BCUT2D eigenvalue weighted by molar-refractivity contribution is 6.31. The van der Waals surface area contributed by atoms with E-state index in [0.717, 1.165) is 31.0 Å². The average molecular weight is 542 g/mol. The van der Waals surface area contributed by atoms with Gasteiger partial charge in [0.1, 0.15) is 11.6 Å². The molecule has 2 aliphatic rings. The predicted molar refractivity (Wildman–Crippen MR) is 138 cm³/mol. The van der Waals surface area contributed by atoms with Crippen molar-refractivity contribution in [3.63, 3.8) is 0 Å². The highest BCUT2D eigenvalue weighted by atomic mass is 35.5. The number of rotatable bonds is 6. The first-order valence-corrected chi connectivity index (χ1v) is 12.7. The van der Waals surface area contributed by atoms with Crippen molar-refractivity contribution >= 4 is 29.1 Å². The van der Waals surface area contributed by atoms with E-state index in [1.54, 1.807) is 41.3 Å². The van der Waals surface area contributed by atoms with Crippen LogP contribution >= 0.6 is 11.6 Å². The molecule has 3 aromatic rings. The summed E-state index contributed by atoms with van der Waals surface area (Å²) in [6, 6.07) is 12.5. The summed E-state index contributed by atoms with van der Waals surface area (Å²) in [4.78, 5) is 28.0. The first-order chi connectivity index (χ1) is 18.3. The molecule has 0 unspecified atom stereocenters. The molecule has 1 fully saturated rings. The van der Waals surface area contributed by atoms with Gasteiger partial charge in [-0.25, -0.2) is 8.78 Å². The molecule has 1 aliphatic carbocycles. The van der Waals surface area contributed by atoms with E-state index in [0.29, 0.717) is 46.2 Å². The zero-order valence-corrected chi connectivity index (χ0v) is 21.1. The molecule has 3 N–H and O–H groups in total. The van der Waals surface area contributed by atoms with Crippen LogP contribution in [-0.2, 0) is 6.54 Å². The predicted octanol–water partition coefficient (Wildman–Crippen LogP) is 5.51. The van der Waals surface area contributed by atoms with E-state index < -0.39 is 17.5 Å². The number of halogens is 3. The van der Waals surface area contributed by atoms with Crippen molar-refractivity contribution in [2.45, 2.75) is 44.3 Å². The van der Waals surface area contributed by atoms with Crippen LogP contribution in [0.3, 0.4) is 0 Å². The van der Waals surface area contributed by atoms with Crippen molar-refractivity contribution in [3.8, 4) is 11.5 Å². The summed E-state index contributed by atoms with van der Waals surface area (Å²) in [7, 11) is 0. The van der Waals surface area contributed by atoms with E-state index in [9.17, 15) is 18.4 Å². The van der Waals surface area contributed by atoms with Gasteiger partial charge in [-0.15, -0.1) is 0 Å². The standard InChI is InChI=1S/C28H26ClF2N3O4/c29-24-7-4-22(33-27(35)16-1-8-25-26(12-16)38-15-37-25)11-18(24)14-34(23-5-2-21(32)3-6-23)28(36)17-9-19(30)13-20(31)10-17/h1,4,7-13,21,23H,2-3,5-6,14-15,32H2,(H,33,35). The van der Waals surface area contributed by atoms with E-state index in [4.69, 9.17) is 26.8 Å². The van der Waals surface area contributed by atoms with Crippen molar-refractivity contribution in [1.82, 2.24) is 4.90 Å². The molecule has 7 nitrogen and oxygen atoms in total. The van der Waals surface area contributed by atoms with Gasteiger partial charge in [-0.05, 0) is 79.8 Å². The van der Waals surface area contributed by atoms with Crippen LogP contribution in [0.5, 0.6) is 11.5 Å². The number of hydrogen-bond donors (Lipinski definition) is 2. The van der Waals surface area contributed by atoms with E-state index >= 15 is 0 Å². The van der Waals surface area contributed by atoms with Crippen molar-refractivity contribution < 1.29 is 27.8 Å². The molecule has 38 heavy (non-hydrogen) atoms. The number of carbonyl (C=O) groups excluding carboxylic acids is 2. The van der Waals surface area contributed by atoms with Crippen molar-refractivity contribution in [2.24, 2.45) is 5.73 Å². The number of nitrogens with one attached hydrogen (secondary N) is 1. The van der Waals surface area contributed by atoms with Gasteiger partial charge in [0.15, 0.2) is 11.5 Å². The third-order valence-electron chi connectivity index (χ3n) is 6.83. The lowest BCUT2D eigenvalue weighted by molar-refractivity contribution is 0.0605. The zero-order chi connectivity index (χ0) is 26.8. The summed E-state index contributed by atoms with van der Waals surface area (Å²) in [5.74, 6) is -1.46. The van der Waals surface area contributed by atoms with Crippen molar-refractivity contribution in [2.75, 3.05) is 12.1 Å². The van der Waals surface area contributed by atoms with E-state index in [-0.39, 0.29) is 36.9 Å². The number of nitrogens with zero attached hydrogens (tertiary/aromatic N) is 1. The highest BCUT2D eigenvalue weighted by Gasteiger charge is 2.30. The second kappa shape index (κ2) is 11.0. The number of carbonyl (C=O) groups is 2. The Morgan fingerprint density at radius 1 is 0.921 bits per heavy atom. The number of ether oxygens (including phenoxy) is 2. The Bertz CT molecular complexity index is 1360. The summed E-state index contributed by atoms with van der Waals surface area (Å²) in [5.41, 5.74) is 7.42. The van der Waals surface area contributed by atoms with Crippen LogP contribution in [0.4, 0.5) is 14.5 Å². The number of anilines is 1.